The summed E-state index contributed by atoms with van der Waals surface area (Å²) < 4.78 is 40.6. The highest BCUT2D eigenvalue weighted by molar-refractivity contribution is 14.0. The lowest BCUT2D eigenvalue weighted by atomic mass is 10.2. The molecule has 1 aliphatic heterocycles. The molecule has 1 N–H and O–H groups in total. The Hall–Kier alpha value is -1.04. The van der Waals surface area contributed by atoms with E-state index in [1.165, 1.54) is 11.8 Å². The van der Waals surface area contributed by atoms with Crippen molar-refractivity contribution < 1.29 is 13.2 Å². The van der Waals surface area contributed by atoms with Gasteiger partial charge in [-0.15, -0.1) is 24.0 Å². The van der Waals surface area contributed by atoms with E-state index in [0.717, 1.165) is 37.7 Å². The van der Waals surface area contributed by atoms with Gasteiger partial charge < -0.3 is 14.8 Å². The number of aromatic nitrogens is 2. The fourth-order valence-electron chi connectivity index (χ4n) is 3.11. The Balaban J connectivity index is 0.00000364. The summed E-state index contributed by atoms with van der Waals surface area (Å²) >= 11 is 0. The molecule has 27 heavy (non-hydrogen) atoms. The molecule has 0 aromatic carbocycles. The lowest BCUT2D eigenvalue weighted by molar-refractivity contribution is -0.181. The van der Waals surface area contributed by atoms with Crippen molar-refractivity contribution in [3.63, 3.8) is 0 Å². The second kappa shape index (κ2) is 11.1. The number of halogens is 4. The molecule has 1 aromatic rings. The highest BCUT2D eigenvalue weighted by Crippen LogP contribution is 2.25. The minimum atomic E-state index is -4.17. The van der Waals surface area contributed by atoms with E-state index < -0.39 is 12.2 Å². The third kappa shape index (κ3) is 7.13. The number of aliphatic imine (C=N–C) groups is 1. The lowest BCUT2D eigenvalue weighted by Crippen LogP contribution is -2.56. The maximum absolute atomic E-state index is 12.8. The minimum Gasteiger partial charge on any atom is -0.356 e. The van der Waals surface area contributed by atoms with Gasteiger partial charge in [-0.1, -0.05) is 0 Å². The normalized spacial score (nSPS) is 17.6. The van der Waals surface area contributed by atoms with Gasteiger partial charge in [0.1, 0.15) is 11.9 Å². The van der Waals surface area contributed by atoms with Crippen LogP contribution in [0.15, 0.2) is 17.4 Å². The van der Waals surface area contributed by atoms with Gasteiger partial charge in [0.25, 0.3) is 0 Å². The fraction of sp³-hybridized carbons (Fsp3) is 0.765. The Kier molecular flexibility index (Phi) is 9.85. The number of imidazole rings is 1. The van der Waals surface area contributed by atoms with Crippen molar-refractivity contribution in [1.82, 2.24) is 24.7 Å². The van der Waals surface area contributed by atoms with E-state index in [1.807, 2.05) is 18.0 Å². The van der Waals surface area contributed by atoms with Gasteiger partial charge in [-0.3, -0.25) is 9.89 Å². The summed E-state index contributed by atoms with van der Waals surface area (Å²) in [5, 5.41) is 3.32. The number of hydrogen-bond acceptors (Lipinski definition) is 3. The van der Waals surface area contributed by atoms with Crippen molar-refractivity contribution >= 4 is 29.9 Å². The number of hydrogen-bond donors (Lipinski definition) is 1. The molecule has 0 bridgehead atoms. The van der Waals surface area contributed by atoms with Gasteiger partial charge in [-0.25, -0.2) is 4.98 Å². The average Bonchev–Trinajstić information content (AvgIpc) is 3.02. The van der Waals surface area contributed by atoms with Crippen molar-refractivity contribution in [3.05, 3.63) is 18.2 Å². The third-order valence-corrected chi connectivity index (χ3v) is 4.88. The second-order valence-corrected chi connectivity index (χ2v) is 6.59. The largest absolute Gasteiger partial charge is 0.403 e. The first-order valence-electron chi connectivity index (χ1n) is 9.07. The quantitative estimate of drug-likeness (QED) is 0.282. The van der Waals surface area contributed by atoms with Crippen LogP contribution in [0.1, 0.15) is 25.6 Å². The van der Waals surface area contributed by atoms with Crippen molar-refractivity contribution in [3.8, 4) is 0 Å². The summed E-state index contributed by atoms with van der Waals surface area (Å²) in [5.74, 6) is 1.78. The van der Waals surface area contributed by atoms with E-state index in [2.05, 4.69) is 19.9 Å². The minimum absolute atomic E-state index is 0. The zero-order chi connectivity index (χ0) is 19.2. The number of rotatable bonds is 6. The summed E-state index contributed by atoms with van der Waals surface area (Å²) in [6.07, 6.45) is 1.62. The van der Waals surface area contributed by atoms with Crippen LogP contribution in [0, 0.1) is 6.92 Å². The number of guanidine groups is 1. The zero-order valence-corrected chi connectivity index (χ0v) is 18.5. The summed E-state index contributed by atoms with van der Waals surface area (Å²) in [4.78, 5) is 12.0. The summed E-state index contributed by atoms with van der Waals surface area (Å²) in [6, 6.07) is -1.40. The summed E-state index contributed by atoms with van der Waals surface area (Å²) in [5.41, 5.74) is 0. The molecule has 6 nitrogen and oxygen atoms in total. The van der Waals surface area contributed by atoms with Crippen LogP contribution in [0.2, 0.25) is 0 Å². The Morgan fingerprint density at radius 3 is 2.44 bits per heavy atom. The summed E-state index contributed by atoms with van der Waals surface area (Å²) in [7, 11) is 1.71. The molecule has 1 unspecified atom stereocenters. The van der Waals surface area contributed by atoms with Crippen molar-refractivity contribution in [1.29, 1.82) is 0 Å². The predicted octanol–water partition coefficient (Wildman–Crippen LogP) is 2.73. The first-order chi connectivity index (χ1) is 12.3. The Bertz CT molecular complexity index is 581. The molecule has 0 aliphatic carbocycles. The molecule has 156 valence electrons. The van der Waals surface area contributed by atoms with Crippen LogP contribution in [0.3, 0.4) is 0 Å². The van der Waals surface area contributed by atoms with Crippen LogP contribution in [0.25, 0.3) is 0 Å². The maximum Gasteiger partial charge on any atom is 0.403 e. The van der Waals surface area contributed by atoms with Gasteiger partial charge in [0.05, 0.1) is 0 Å². The molecule has 0 amide bonds. The van der Waals surface area contributed by atoms with Gasteiger partial charge in [-0.05, 0) is 26.7 Å². The molecule has 0 spiro atoms. The molecule has 0 radical (unpaired) electrons. The number of nitrogens with zero attached hydrogens (tertiary/aromatic N) is 5. The van der Waals surface area contributed by atoms with E-state index >= 15 is 0 Å². The smallest absolute Gasteiger partial charge is 0.356 e. The fourth-order valence-corrected chi connectivity index (χ4v) is 3.11. The van der Waals surface area contributed by atoms with Gasteiger partial charge in [0.2, 0.25) is 0 Å². The molecule has 1 fully saturated rings. The number of nitrogens with one attached hydrogen (secondary N) is 1. The first kappa shape index (κ1) is 24.0. The number of alkyl halides is 3. The standard InChI is InChI=1S/C17H29F3N6.HI/c1-14(17(18,19)20)24-10-12-26(13-11-24)16(21-3)23-6-4-5-8-25-9-7-22-15(25)2;/h7,9,14H,4-6,8,10-13H2,1-3H3,(H,21,23);1H. The van der Waals surface area contributed by atoms with Crippen LogP contribution in [0.5, 0.6) is 0 Å². The predicted molar refractivity (Wildman–Crippen MR) is 112 cm³/mol. The SMILES string of the molecule is CN=C(NCCCCn1ccnc1C)N1CCN(C(C)C(F)(F)F)CC1.I. The Morgan fingerprint density at radius 1 is 1.26 bits per heavy atom. The maximum atomic E-state index is 12.8. The molecule has 1 saturated heterocycles. The van der Waals surface area contributed by atoms with E-state index in [0.29, 0.717) is 26.2 Å². The molecule has 0 saturated carbocycles. The average molecular weight is 502 g/mol. The van der Waals surface area contributed by atoms with Gasteiger partial charge in [-0.2, -0.15) is 13.2 Å². The molecule has 1 aromatic heterocycles. The van der Waals surface area contributed by atoms with Crippen LogP contribution >= 0.6 is 24.0 Å². The Morgan fingerprint density at radius 2 is 1.93 bits per heavy atom. The Labute approximate surface area is 176 Å². The van der Waals surface area contributed by atoms with Crippen LogP contribution < -0.4 is 5.32 Å². The van der Waals surface area contributed by atoms with Crippen molar-refractivity contribution in [2.45, 2.75) is 45.5 Å². The van der Waals surface area contributed by atoms with Gasteiger partial charge in [0, 0.05) is 58.7 Å². The molecule has 2 rings (SSSR count). The first-order valence-corrected chi connectivity index (χ1v) is 9.07. The van der Waals surface area contributed by atoms with Crippen LogP contribution in [-0.2, 0) is 6.54 Å². The van der Waals surface area contributed by atoms with E-state index in [-0.39, 0.29) is 24.0 Å². The number of aryl methyl sites for hydroxylation is 2. The molecular weight excluding hydrogens is 472 g/mol. The molecular formula is C17H30F3IN6. The van der Waals surface area contributed by atoms with Crippen molar-refractivity contribution in [2.24, 2.45) is 4.99 Å². The third-order valence-electron chi connectivity index (χ3n) is 4.88. The topological polar surface area (TPSA) is 48.7 Å². The monoisotopic (exact) mass is 502 g/mol. The van der Waals surface area contributed by atoms with E-state index in [9.17, 15) is 13.2 Å². The zero-order valence-electron chi connectivity index (χ0n) is 16.2. The number of piperazine rings is 1. The van der Waals surface area contributed by atoms with Gasteiger partial charge >= 0.3 is 6.18 Å². The lowest BCUT2D eigenvalue weighted by Gasteiger charge is -2.39. The molecule has 10 heteroatoms. The molecule has 2 heterocycles. The highest BCUT2D eigenvalue weighted by atomic mass is 127. The van der Waals surface area contributed by atoms with Crippen LogP contribution in [-0.4, -0.2) is 77.3 Å². The number of unbranched alkanes of at least 4 members (excludes halogenated alkanes) is 1. The summed E-state index contributed by atoms with van der Waals surface area (Å²) in [6.45, 7) is 6.81. The van der Waals surface area contributed by atoms with Gasteiger partial charge in [0.15, 0.2) is 5.96 Å². The highest BCUT2D eigenvalue weighted by Gasteiger charge is 2.41. The molecule has 1 aliphatic rings. The van der Waals surface area contributed by atoms with E-state index in [1.54, 1.807) is 13.2 Å². The van der Waals surface area contributed by atoms with Crippen molar-refractivity contribution in [2.75, 3.05) is 39.8 Å². The molecule has 1 atom stereocenters. The second-order valence-electron chi connectivity index (χ2n) is 6.59. The van der Waals surface area contributed by atoms with E-state index in [4.69, 9.17) is 0 Å². The van der Waals surface area contributed by atoms with Crippen LogP contribution in [0.4, 0.5) is 13.2 Å².